The maximum atomic E-state index is 11.9. The molecule has 0 saturated carbocycles. The molecule has 0 aliphatic carbocycles. The Morgan fingerprint density at radius 3 is 2.70 bits per heavy atom. The van der Waals surface area contributed by atoms with Crippen molar-refractivity contribution in [3.8, 4) is 0 Å². The standard InChI is InChI=1S/C5H4BrF2NS/c6-3(4(7)8)5-9-1-2-10-5/h1-4H. The van der Waals surface area contributed by atoms with Crippen LogP contribution < -0.4 is 0 Å². The predicted molar refractivity (Wildman–Crippen MR) is 39.8 cm³/mol. The fraction of sp³-hybridized carbons (Fsp3) is 0.400. The molecule has 0 aliphatic heterocycles. The van der Waals surface area contributed by atoms with Gasteiger partial charge in [-0.05, 0) is 0 Å². The predicted octanol–water partition coefficient (Wildman–Crippen LogP) is 2.84. The summed E-state index contributed by atoms with van der Waals surface area (Å²) in [4.78, 5) is 2.82. The van der Waals surface area contributed by atoms with Gasteiger partial charge in [0.2, 0.25) is 0 Å². The van der Waals surface area contributed by atoms with E-state index >= 15 is 0 Å². The molecule has 0 aliphatic rings. The van der Waals surface area contributed by atoms with Crippen LogP contribution in [0.3, 0.4) is 0 Å². The van der Waals surface area contributed by atoms with Gasteiger partial charge in [-0.1, -0.05) is 15.9 Å². The molecule has 1 unspecified atom stereocenters. The van der Waals surface area contributed by atoms with Gasteiger partial charge in [-0.3, -0.25) is 0 Å². The summed E-state index contributed by atoms with van der Waals surface area (Å²) in [5.74, 6) is 0. The van der Waals surface area contributed by atoms with E-state index in [1.54, 1.807) is 5.38 Å². The summed E-state index contributed by atoms with van der Waals surface area (Å²) in [7, 11) is 0. The first kappa shape index (κ1) is 8.07. The van der Waals surface area contributed by atoms with Crippen LogP contribution in [0.2, 0.25) is 0 Å². The molecule has 0 bridgehead atoms. The molecule has 1 heterocycles. The minimum Gasteiger partial charge on any atom is -0.248 e. The van der Waals surface area contributed by atoms with E-state index in [1.165, 1.54) is 17.5 Å². The quantitative estimate of drug-likeness (QED) is 0.709. The van der Waals surface area contributed by atoms with Crippen molar-refractivity contribution in [2.45, 2.75) is 11.3 Å². The normalized spacial score (nSPS) is 14.0. The van der Waals surface area contributed by atoms with Crippen molar-refractivity contribution in [3.05, 3.63) is 16.6 Å². The first-order chi connectivity index (χ1) is 4.72. The molecule has 0 aromatic carbocycles. The zero-order chi connectivity index (χ0) is 7.56. The van der Waals surface area contributed by atoms with Crippen LogP contribution in [0.5, 0.6) is 0 Å². The van der Waals surface area contributed by atoms with Crippen LogP contribution in [-0.2, 0) is 0 Å². The van der Waals surface area contributed by atoms with Crippen LogP contribution in [0, 0.1) is 0 Å². The van der Waals surface area contributed by atoms with Crippen molar-refractivity contribution in [2.75, 3.05) is 0 Å². The second kappa shape index (κ2) is 3.39. The second-order valence-electron chi connectivity index (χ2n) is 1.61. The molecule has 1 nitrogen and oxygen atoms in total. The zero-order valence-electron chi connectivity index (χ0n) is 4.80. The number of rotatable bonds is 2. The van der Waals surface area contributed by atoms with Crippen molar-refractivity contribution in [1.29, 1.82) is 0 Å². The van der Waals surface area contributed by atoms with E-state index in [0.717, 1.165) is 0 Å². The molecule has 0 radical (unpaired) electrons. The highest BCUT2D eigenvalue weighted by Crippen LogP contribution is 2.30. The summed E-state index contributed by atoms with van der Waals surface area (Å²) in [6, 6.07) is 0. The molecule has 0 amide bonds. The van der Waals surface area contributed by atoms with Gasteiger partial charge in [0.05, 0.1) is 0 Å². The fourth-order valence-corrected chi connectivity index (χ4v) is 1.54. The smallest absolute Gasteiger partial charge is 0.248 e. The molecule has 1 rings (SSSR count). The number of hydrogen-bond acceptors (Lipinski definition) is 2. The van der Waals surface area contributed by atoms with Crippen molar-refractivity contribution in [1.82, 2.24) is 4.98 Å². The molecule has 56 valence electrons. The Balaban J connectivity index is 2.68. The lowest BCUT2D eigenvalue weighted by atomic mass is 10.5. The summed E-state index contributed by atoms with van der Waals surface area (Å²) in [6.07, 6.45) is -0.873. The number of halogens is 3. The van der Waals surface area contributed by atoms with Crippen LogP contribution in [0.1, 0.15) is 9.83 Å². The number of nitrogens with zero attached hydrogens (tertiary/aromatic N) is 1. The van der Waals surface area contributed by atoms with E-state index in [0.29, 0.717) is 5.01 Å². The lowest BCUT2D eigenvalue weighted by Gasteiger charge is -2.02. The van der Waals surface area contributed by atoms with Gasteiger partial charge >= 0.3 is 0 Å². The third-order valence-electron chi connectivity index (χ3n) is 0.909. The summed E-state index contributed by atoms with van der Waals surface area (Å²) in [5.41, 5.74) is 0. The van der Waals surface area contributed by atoms with Crippen LogP contribution in [0.4, 0.5) is 8.78 Å². The Bertz CT molecular complexity index is 190. The van der Waals surface area contributed by atoms with Gasteiger partial charge in [-0.25, -0.2) is 13.8 Å². The van der Waals surface area contributed by atoms with E-state index in [4.69, 9.17) is 0 Å². The number of thiazole rings is 1. The Labute approximate surface area is 69.2 Å². The minimum absolute atomic E-state index is 0.426. The first-order valence-electron chi connectivity index (χ1n) is 2.53. The van der Waals surface area contributed by atoms with Gasteiger partial charge in [0.1, 0.15) is 9.83 Å². The third kappa shape index (κ3) is 1.73. The SMILES string of the molecule is FC(F)C(Br)c1nccs1. The van der Waals surface area contributed by atoms with E-state index in [2.05, 4.69) is 20.9 Å². The van der Waals surface area contributed by atoms with Gasteiger partial charge in [0.25, 0.3) is 6.43 Å². The lowest BCUT2D eigenvalue weighted by Crippen LogP contribution is -1.99. The Morgan fingerprint density at radius 2 is 2.30 bits per heavy atom. The monoisotopic (exact) mass is 227 g/mol. The molecule has 0 fully saturated rings. The average molecular weight is 228 g/mol. The van der Waals surface area contributed by atoms with Crippen LogP contribution >= 0.6 is 27.3 Å². The summed E-state index contributed by atoms with van der Waals surface area (Å²) >= 11 is 4.05. The average Bonchev–Trinajstić information content (AvgIpc) is 2.36. The number of hydrogen-bond donors (Lipinski definition) is 0. The summed E-state index contributed by atoms with van der Waals surface area (Å²) in [6.45, 7) is 0. The Morgan fingerprint density at radius 1 is 1.60 bits per heavy atom. The number of aromatic nitrogens is 1. The molecule has 1 aromatic rings. The van der Waals surface area contributed by atoms with Crippen LogP contribution in [0.25, 0.3) is 0 Å². The fourth-order valence-electron chi connectivity index (χ4n) is 0.478. The van der Waals surface area contributed by atoms with Crippen LogP contribution in [-0.4, -0.2) is 11.4 Å². The highest BCUT2D eigenvalue weighted by atomic mass is 79.9. The van der Waals surface area contributed by atoms with Crippen molar-refractivity contribution >= 4 is 27.3 Å². The molecule has 1 atom stereocenters. The van der Waals surface area contributed by atoms with Crippen molar-refractivity contribution in [3.63, 3.8) is 0 Å². The lowest BCUT2D eigenvalue weighted by molar-refractivity contribution is 0.147. The molecule has 1 aromatic heterocycles. The summed E-state index contributed by atoms with van der Waals surface area (Å²) < 4.78 is 23.8. The maximum Gasteiger partial charge on any atom is 0.257 e. The number of alkyl halides is 3. The largest absolute Gasteiger partial charge is 0.257 e. The molecule has 0 saturated heterocycles. The van der Waals surface area contributed by atoms with Crippen molar-refractivity contribution < 1.29 is 8.78 Å². The Kier molecular flexibility index (Phi) is 2.73. The van der Waals surface area contributed by atoms with Gasteiger partial charge in [0, 0.05) is 11.6 Å². The highest BCUT2D eigenvalue weighted by Gasteiger charge is 2.20. The van der Waals surface area contributed by atoms with Gasteiger partial charge < -0.3 is 0 Å². The van der Waals surface area contributed by atoms with E-state index in [9.17, 15) is 8.78 Å². The minimum atomic E-state index is -2.38. The maximum absolute atomic E-state index is 11.9. The molecule has 0 spiro atoms. The molecule has 10 heavy (non-hydrogen) atoms. The topological polar surface area (TPSA) is 12.9 Å². The second-order valence-corrected chi connectivity index (χ2v) is 3.52. The van der Waals surface area contributed by atoms with E-state index < -0.39 is 11.3 Å². The first-order valence-corrected chi connectivity index (χ1v) is 4.33. The van der Waals surface area contributed by atoms with E-state index in [-0.39, 0.29) is 0 Å². The summed E-state index contributed by atoms with van der Waals surface area (Å²) in [5, 5.41) is 2.10. The van der Waals surface area contributed by atoms with Crippen LogP contribution in [0.15, 0.2) is 11.6 Å². The molecule has 0 N–H and O–H groups in total. The zero-order valence-corrected chi connectivity index (χ0v) is 7.20. The van der Waals surface area contributed by atoms with Gasteiger partial charge in [-0.2, -0.15) is 0 Å². The highest BCUT2D eigenvalue weighted by molar-refractivity contribution is 9.09. The van der Waals surface area contributed by atoms with E-state index in [1.807, 2.05) is 0 Å². The Hall–Kier alpha value is -0.0300. The van der Waals surface area contributed by atoms with Crippen molar-refractivity contribution in [2.24, 2.45) is 0 Å². The van der Waals surface area contributed by atoms with Gasteiger partial charge in [0.15, 0.2) is 0 Å². The molecular formula is C5H4BrF2NS. The molecule has 5 heteroatoms. The van der Waals surface area contributed by atoms with Gasteiger partial charge in [-0.15, -0.1) is 11.3 Å². The third-order valence-corrected chi connectivity index (χ3v) is 2.90. The molecular weight excluding hydrogens is 224 g/mol.